The lowest BCUT2D eigenvalue weighted by molar-refractivity contribution is -0.159. The quantitative estimate of drug-likeness (QED) is 0.0495. The first-order chi connectivity index (χ1) is 24.4. The van der Waals surface area contributed by atoms with Crippen LogP contribution >= 0.6 is 0 Å². The van der Waals surface area contributed by atoms with Gasteiger partial charge in [0, 0.05) is 45.8 Å². The summed E-state index contributed by atoms with van der Waals surface area (Å²) in [5.41, 5.74) is 0. The average molecular weight is 712 g/mol. The average Bonchev–Trinajstić information content (AvgIpc) is 3.11. The predicted molar refractivity (Wildman–Crippen MR) is 202 cm³/mol. The first kappa shape index (κ1) is 48.0. The molecular formula is C41H77NO8. The molecule has 1 N–H and O–H groups in total. The normalized spacial score (nSPS) is 11.7. The van der Waals surface area contributed by atoms with Crippen LogP contribution in [0.25, 0.3) is 0 Å². The number of Topliss-reactive ketones (excluding diaryl/α,β-unsaturated/α-hetero) is 1. The van der Waals surface area contributed by atoms with E-state index >= 15 is 0 Å². The van der Waals surface area contributed by atoms with Gasteiger partial charge in [-0.15, -0.1) is 0 Å². The molecule has 0 rings (SSSR count). The van der Waals surface area contributed by atoms with Gasteiger partial charge in [0.2, 0.25) is 5.91 Å². The van der Waals surface area contributed by atoms with Crippen molar-refractivity contribution in [2.45, 2.75) is 200 Å². The largest absolute Gasteiger partial charge is 0.462 e. The molecule has 1 atom stereocenters. The highest BCUT2D eigenvalue weighted by molar-refractivity contribution is 5.84. The van der Waals surface area contributed by atoms with Crippen LogP contribution in [0.2, 0.25) is 0 Å². The maximum absolute atomic E-state index is 12.6. The number of esters is 2. The van der Waals surface area contributed by atoms with E-state index in [4.69, 9.17) is 18.9 Å². The lowest BCUT2D eigenvalue weighted by Gasteiger charge is -2.19. The third-order valence-corrected chi connectivity index (χ3v) is 9.03. The molecule has 50 heavy (non-hydrogen) atoms. The first-order valence-corrected chi connectivity index (χ1v) is 20.6. The van der Waals surface area contributed by atoms with Crippen molar-refractivity contribution in [3.63, 3.8) is 0 Å². The van der Waals surface area contributed by atoms with Crippen molar-refractivity contribution in [2.75, 3.05) is 40.1 Å². The SMILES string of the molecule is CCCCCCCCCCCCCC(=O)OCC(CNC(=O)CCC(=O)CCCOCCOC)OC(=O)CCCCCCCCCCCCC. The van der Waals surface area contributed by atoms with Gasteiger partial charge in [-0.25, -0.2) is 0 Å². The molecule has 0 aromatic rings. The number of hydrogen-bond donors (Lipinski definition) is 1. The fourth-order valence-electron chi connectivity index (χ4n) is 5.81. The molecule has 9 heteroatoms. The van der Waals surface area contributed by atoms with Crippen molar-refractivity contribution in [3.8, 4) is 0 Å². The van der Waals surface area contributed by atoms with Crippen LogP contribution in [0, 0.1) is 0 Å². The van der Waals surface area contributed by atoms with E-state index < -0.39 is 6.10 Å². The maximum atomic E-state index is 12.6. The van der Waals surface area contributed by atoms with Crippen molar-refractivity contribution in [1.29, 1.82) is 0 Å². The molecule has 0 radical (unpaired) electrons. The lowest BCUT2D eigenvalue weighted by atomic mass is 10.1. The molecule has 0 saturated carbocycles. The van der Waals surface area contributed by atoms with E-state index in [1.54, 1.807) is 7.11 Å². The van der Waals surface area contributed by atoms with Crippen molar-refractivity contribution < 1.29 is 38.1 Å². The molecule has 0 aliphatic carbocycles. The van der Waals surface area contributed by atoms with E-state index in [9.17, 15) is 19.2 Å². The fraction of sp³-hybridized carbons (Fsp3) is 0.902. The van der Waals surface area contributed by atoms with Gasteiger partial charge < -0.3 is 24.3 Å². The Morgan fingerprint density at radius 2 is 0.980 bits per heavy atom. The summed E-state index contributed by atoms with van der Waals surface area (Å²) in [6, 6.07) is 0. The lowest BCUT2D eigenvalue weighted by Crippen LogP contribution is -2.38. The van der Waals surface area contributed by atoms with Crippen LogP contribution in [0.4, 0.5) is 0 Å². The summed E-state index contributed by atoms with van der Waals surface area (Å²) in [5, 5.41) is 2.76. The number of carbonyl (C=O) groups excluding carboxylic acids is 4. The topological polar surface area (TPSA) is 117 Å². The Morgan fingerprint density at radius 1 is 0.500 bits per heavy atom. The minimum atomic E-state index is -0.764. The van der Waals surface area contributed by atoms with E-state index in [1.807, 2.05) is 0 Å². The van der Waals surface area contributed by atoms with Crippen LogP contribution in [0.15, 0.2) is 0 Å². The molecule has 0 aliphatic rings. The minimum Gasteiger partial charge on any atom is -0.462 e. The predicted octanol–water partition coefficient (Wildman–Crippen LogP) is 9.75. The Labute approximate surface area is 306 Å². The highest BCUT2D eigenvalue weighted by Gasteiger charge is 2.19. The molecule has 294 valence electrons. The number of carbonyl (C=O) groups is 4. The molecule has 0 spiro atoms. The van der Waals surface area contributed by atoms with Gasteiger partial charge >= 0.3 is 11.9 Å². The van der Waals surface area contributed by atoms with Crippen LogP contribution < -0.4 is 5.32 Å². The minimum absolute atomic E-state index is 0.00165. The highest BCUT2D eigenvalue weighted by Crippen LogP contribution is 2.14. The van der Waals surface area contributed by atoms with Crippen molar-refractivity contribution >= 4 is 23.6 Å². The van der Waals surface area contributed by atoms with E-state index in [0.717, 1.165) is 38.5 Å². The zero-order chi connectivity index (χ0) is 36.8. The Hall–Kier alpha value is -2.00. The number of nitrogens with one attached hydrogen (secondary N) is 1. The molecule has 0 fully saturated rings. The number of ether oxygens (including phenoxy) is 4. The van der Waals surface area contributed by atoms with Gasteiger partial charge in [-0.1, -0.05) is 142 Å². The molecule has 0 aromatic carbocycles. The summed E-state index contributed by atoms with van der Waals surface area (Å²) < 4.78 is 21.4. The van der Waals surface area contributed by atoms with Crippen LogP contribution in [-0.2, 0) is 38.1 Å². The molecule has 9 nitrogen and oxygen atoms in total. The van der Waals surface area contributed by atoms with E-state index in [1.165, 1.54) is 103 Å². The Morgan fingerprint density at radius 3 is 1.48 bits per heavy atom. The van der Waals surface area contributed by atoms with Crippen LogP contribution in [0.1, 0.15) is 194 Å². The van der Waals surface area contributed by atoms with Crippen molar-refractivity contribution in [2.24, 2.45) is 0 Å². The monoisotopic (exact) mass is 712 g/mol. The zero-order valence-corrected chi connectivity index (χ0v) is 32.7. The second-order valence-electron chi connectivity index (χ2n) is 13.9. The van der Waals surface area contributed by atoms with Gasteiger partial charge in [0.15, 0.2) is 6.10 Å². The number of ketones is 1. The molecule has 0 bridgehead atoms. The maximum Gasteiger partial charge on any atom is 0.306 e. The molecule has 0 saturated heterocycles. The molecule has 0 heterocycles. The van der Waals surface area contributed by atoms with Crippen molar-refractivity contribution in [1.82, 2.24) is 5.32 Å². The molecular weight excluding hydrogens is 634 g/mol. The smallest absolute Gasteiger partial charge is 0.306 e. The van der Waals surface area contributed by atoms with Gasteiger partial charge in [-0.2, -0.15) is 0 Å². The van der Waals surface area contributed by atoms with E-state index in [-0.39, 0.29) is 49.6 Å². The second kappa shape index (κ2) is 38.2. The number of unbranched alkanes of at least 4 members (excludes halogenated alkanes) is 20. The summed E-state index contributed by atoms with van der Waals surface area (Å²) in [4.78, 5) is 49.8. The third-order valence-electron chi connectivity index (χ3n) is 9.03. The number of hydrogen-bond acceptors (Lipinski definition) is 8. The van der Waals surface area contributed by atoms with Gasteiger partial charge in [-0.3, -0.25) is 19.2 Å². The summed E-state index contributed by atoms with van der Waals surface area (Å²) >= 11 is 0. The molecule has 1 unspecified atom stereocenters. The summed E-state index contributed by atoms with van der Waals surface area (Å²) in [6.07, 6.45) is 27.5. The highest BCUT2D eigenvalue weighted by atomic mass is 16.6. The van der Waals surface area contributed by atoms with Crippen LogP contribution in [0.5, 0.6) is 0 Å². The summed E-state index contributed by atoms with van der Waals surface area (Å²) in [7, 11) is 1.61. The third kappa shape index (κ3) is 35.8. The van der Waals surface area contributed by atoms with Gasteiger partial charge in [0.1, 0.15) is 12.4 Å². The van der Waals surface area contributed by atoms with Gasteiger partial charge in [0.05, 0.1) is 19.8 Å². The number of rotatable bonds is 39. The van der Waals surface area contributed by atoms with Gasteiger partial charge in [-0.05, 0) is 19.3 Å². The summed E-state index contributed by atoms with van der Waals surface area (Å²) in [6.45, 7) is 5.91. The van der Waals surface area contributed by atoms with Gasteiger partial charge in [0.25, 0.3) is 0 Å². The van der Waals surface area contributed by atoms with Crippen LogP contribution in [-0.4, -0.2) is 69.8 Å². The molecule has 0 aliphatic heterocycles. The standard InChI is InChI=1S/C41H77NO8/c1-4-6-8-10-12-14-16-18-20-22-24-28-40(45)49-36-38(35-42-39(44)31-30-37(43)27-26-32-48-34-33-47-3)50-41(46)29-25-23-21-19-17-15-13-11-9-7-5-2/h38H,4-36H2,1-3H3,(H,42,44). The molecule has 1 amide bonds. The zero-order valence-electron chi connectivity index (χ0n) is 32.7. The van der Waals surface area contributed by atoms with Crippen LogP contribution in [0.3, 0.4) is 0 Å². The first-order valence-electron chi connectivity index (χ1n) is 20.6. The Kier molecular flexibility index (Phi) is 36.7. The Balaban J connectivity index is 4.43. The second-order valence-corrected chi connectivity index (χ2v) is 13.9. The molecule has 0 aromatic heterocycles. The van der Waals surface area contributed by atoms with E-state index in [0.29, 0.717) is 45.5 Å². The number of methoxy groups -OCH3 is 1. The fourth-order valence-corrected chi connectivity index (χ4v) is 5.81. The number of amides is 1. The van der Waals surface area contributed by atoms with Crippen molar-refractivity contribution in [3.05, 3.63) is 0 Å². The summed E-state index contributed by atoms with van der Waals surface area (Å²) in [5.74, 6) is -0.949. The van der Waals surface area contributed by atoms with E-state index in [2.05, 4.69) is 19.2 Å². The Bertz CT molecular complexity index is 805.